The number of nitrogens with one attached hydrogen (secondary N) is 1. The van der Waals surface area contributed by atoms with Crippen molar-refractivity contribution >= 4 is 0 Å². The Hall–Kier alpha value is -0.900. The third kappa shape index (κ3) is 4.11. The minimum atomic E-state index is -0.842. The van der Waals surface area contributed by atoms with Crippen LogP contribution in [0.15, 0.2) is 18.2 Å². The van der Waals surface area contributed by atoms with Crippen LogP contribution in [0.25, 0.3) is 0 Å². The molecule has 3 heteroatoms. The summed E-state index contributed by atoms with van der Waals surface area (Å²) >= 11 is 0. The summed E-state index contributed by atoms with van der Waals surface area (Å²) < 4.78 is 4.96. The molecule has 0 saturated carbocycles. The van der Waals surface area contributed by atoms with Crippen LogP contribution in [0, 0.1) is 13.8 Å². The van der Waals surface area contributed by atoms with Gasteiger partial charge in [0.25, 0.3) is 0 Å². The van der Waals surface area contributed by atoms with E-state index in [1.165, 1.54) is 5.56 Å². The van der Waals surface area contributed by atoms with Crippen LogP contribution in [0.3, 0.4) is 0 Å². The van der Waals surface area contributed by atoms with Crippen LogP contribution in [-0.4, -0.2) is 31.9 Å². The van der Waals surface area contributed by atoms with Crippen LogP contribution in [-0.2, 0) is 10.3 Å². The molecule has 17 heavy (non-hydrogen) atoms. The van der Waals surface area contributed by atoms with Gasteiger partial charge in [-0.25, -0.2) is 0 Å². The van der Waals surface area contributed by atoms with E-state index in [1.807, 2.05) is 26.0 Å². The smallest absolute Gasteiger partial charge is 0.0994 e. The van der Waals surface area contributed by atoms with Crippen LogP contribution < -0.4 is 5.32 Å². The van der Waals surface area contributed by atoms with E-state index in [-0.39, 0.29) is 0 Å². The summed E-state index contributed by atoms with van der Waals surface area (Å²) in [6, 6.07) is 6.13. The van der Waals surface area contributed by atoms with Gasteiger partial charge in [-0.15, -0.1) is 0 Å². The van der Waals surface area contributed by atoms with E-state index in [0.29, 0.717) is 13.2 Å². The standard InChI is InChI=1S/C14H23NO2/c1-11-5-6-13(12(2)9-11)14(3,16)10-15-7-8-17-4/h5-6,9,15-16H,7-8,10H2,1-4H3. The van der Waals surface area contributed by atoms with Crippen molar-refractivity contribution in [3.63, 3.8) is 0 Å². The molecule has 0 aromatic heterocycles. The first-order valence-electron chi connectivity index (χ1n) is 5.97. The Labute approximate surface area is 104 Å². The van der Waals surface area contributed by atoms with Gasteiger partial charge in [0, 0.05) is 20.2 Å². The van der Waals surface area contributed by atoms with Gasteiger partial charge in [-0.05, 0) is 31.9 Å². The summed E-state index contributed by atoms with van der Waals surface area (Å²) in [5.41, 5.74) is 2.48. The molecule has 3 nitrogen and oxygen atoms in total. The molecule has 0 saturated heterocycles. The monoisotopic (exact) mass is 237 g/mol. The molecule has 2 N–H and O–H groups in total. The van der Waals surface area contributed by atoms with Crippen molar-refractivity contribution in [2.75, 3.05) is 26.8 Å². The molecule has 0 amide bonds. The van der Waals surface area contributed by atoms with Gasteiger partial charge in [-0.3, -0.25) is 0 Å². The quantitative estimate of drug-likeness (QED) is 0.741. The van der Waals surface area contributed by atoms with Gasteiger partial charge in [0.1, 0.15) is 0 Å². The number of aryl methyl sites for hydroxylation is 2. The molecule has 0 heterocycles. The van der Waals surface area contributed by atoms with Crippen LogP contribution in [0.1, 0.15) is 23.6 Å². The lowest BCUT2D eigenvalue weighted by Gasteiger charge is -2.26. The summed E-state index contributed by atoms with van der Waals surface area (Å²) in [6.45, 7) is 7.86. The second-order valence-electron chi connectivity index (χ2n) is 4.76. The van der Waals surface area contributed by atoms with Gasteiger partial charge in [0.05, 0.1) is 12.2 Å². The van der Waals surface area contributed by atoms with Crippen molar-refractivity contribution in [2.45, 2.75) is 26.4 Å². The predicted octanol–water partition coefficient (Wildman–Crippen LogP) is 1.75. The highest BCUT2D eigenvalue weighted by atomic mass is 16.5. The van der Waals surface area contributed by atoms with Crippen molar-refractivity contribution in [1.29, 1.82) is 0 Å². The molecule has 1 unspecified atom stereocenters. The molecule has 0 radical (unpaired) electrons. The summed E-state index contributed by atoms with van der Waals surface area (Å²) in [5, 5.41) is 13.6. The van der Waals surface area contributed by atoms with Crippen molar-refractivity contribution in [1.82, 2.24) is 5.32 Å². The zero-order chi connectivity index (χ0) is 12.9. The molecule has 96 valence electrons. The Bertz CT molecular complexity index is 361. The Morgan fingerprint density at radius 1 is 1.35 bits per heavy atom. The summed E-state index contributed by atoms with van der Waals surface area (Å²) in [4.78, 5) is 0. The number of hydrogen-bond acceptors (Lipinski definition) is 3. The van der Waals surface area contributed by atoms with Gasteiger partial charge in [-0.1, -0.05) is 23.8 Å². The lowest BCUT2D eigenvalue weighted by atomic mass is 9.91. The Morgan fingerprint density at radius 3 is 2.65 bits per heavy atom. The van der Waals surface area contributed by atoms with Gasteiger partial charge in [0.2, 0.25) is 0 Å². The Balaban J connectivity index is 2.68. The number of rotatable bonds is 6. The predicted molar refractivity (Wildman–Crippen MR) is 70.2 cm³/mol. The van der Waals surface area contributed by atoms with Gasteiger partial charge in [0.15, 0.2) is 0 Å². The van der Waals surface area contributed by atoms with Crippen LogP contribution in [0.2, 0.25) is 0 Å². The molecule has 0 fully saturated rings. The molecule has 1 aromatic rings. The maximum Gasteiger partial charge on any atom is 0.0994 e. The molecular formula is C14H23NO2. The lowest BCUT2D eigenvalue weighted by molar-refractivity contribution is 0.0544. The molecule has 0 bridgehead atoms. The van der Waals surface area contributed by atoms with E-state index in [0.717, 1.165) is 17.7 Å². The number of ether oxygens (including phenoxy) is 1. The van der Waals surface area contributed by atoms with Gasteiger partial charge < -0.3 is 15.2 Å². The molecule has 1 rings (SSSR count). The number of hydrogen-bond donors (Lipinski definition) is 2. The highest BCUT2D eigenvalue weighted by Crippen LogP contribution is 2.24. The fourth-order valence-corrected chi connectivity index (χ4v) is 2.02. The number of benzene rings is 1. The maximum absolute atomic E-state index is 10.5. The van der Waals surface area contributed by atoms with E-state index in [9.17, 15) is 5.11 Å². The molecule has 0 aliphatic carbocycles. The van der Waals surface area contributed by atoms with Crippen molar-refractivity contribution in [2.24, 2.45) is 0 Å². The lowest BCUT2D eigenvalue weighted by Crippen LogP contribution is -2.37. The normalized spacial score (nSPS) is 14.6. The van der Waals surface area contributed by atoms with E-state index >= 15 is 0 Å². The van der Waals surface area contributed by atoms with Crippen LogP contribution >= 0.6 is 0 Å². The average molecular weight is 237 g/mol. The molecule has 1 aromatic carbocycles. The molecular weight excluding hydrogens is 214 g/mol. The molecule has 0 aliphatic heterocycles. The first-order chi connectivity index (χ1) is 7.97. The first-order valence-corrected chi connectivity index (χ1v) is 5.97. The summed E-state index contributed by atoms with van der Waals surface area (Å²) in [5.74, 6) is 0. The number of aliphatic hydroxyl groups is 1. The zero-order valence-electron chi connectivity index (χ0n) is 11.2. The second kappa shape index (κ2) is 6.15. The van der Waals surface area contributed by atoms with Crippen LogP contribution in [0.5, 0.6) is 0 Å². The van der Waals surface area contributed by atoms with E-state index in [4.69, 9.17) is 4.74 Å². The zero-order valence-corrected chi connectivity index (χ0v) is 11.2. The van der Waals surface area contributed by atoms with Crippen LogP contribution in [0.4, 0.5) is 0 Å². The number of methoxy groups -OCH3 is 1. The summed E-state index contributed by atoms with van der Waals surface area (Å²) in [6.07, 6.45) is 0. The van der Waals surface area contributed by atoms with Crippen molar-refractivity contribution in [3.8, 4) is 0 Å². The summed E-state index contributed by atoms with van der Waals surface area (Å²) in [7, 11) is 1.67. The van der Waals surface area contributed by atoms with Crippen molar-refractivity contribution < 1.29 is 9.84 Å². The first kappa shape index (κ1) is 14.2. The van der Waals surface area contributed by atoms with Crippen molar-refractivity contribution in [3.05, 3.63) is 34.9 Å². The fourth-order valence-electron chi connectivity index (χ4n) is 2.02. The van der Waals surface area contributed by atoms with E-state index in [1.54, 1.807) is 7.11 Å². The SMILES string of the molecule is COCCNCC(C)(O)c1ccc(C)cc1C. The Kier molecular flexibility index (Phi) is 5.12. The fraction of sp³-hybridized carbons (Fsp3) is 0.571. The third-order valence-electron chi connectivity index (χ3n) is 2.91. The van der Waals surface area contributed by atoms with Gasteiger partial charge in [-0.2, -0.15) is 0 Å². The van der Waals surface area contributed by atoms with E-state index < -0.39 is 5.60 Å². The Morgan fingerprint density at radius 2 is 2.06 bits per heavy atom. The average Bonchev–Trinajstić information content (AvgIpc) is 2.24. The third-order valence-corrected chi connectivity index (χ3v) is 2.91. The largest absolute Gasteiger partial charge is 0.384 e. The van der Waals surface area contributed by atoms with E-state index in [2.05, 4.69) is 18.3 Å². The maximum atomic E-state index is 10.5. The minimum absolute atomic E-state index is 0.528. The topological polar surface area (TPSA) is 41.5 Å². The second-order valence-corrected chi connectivity index (χ2v) is 4.76. The molecule has 1 atom stereocenters. The molecule has 0 spiro atoms. The van der Waals surface area contributed by atoms with Gasteiger partial charge >= 0.3 is 0 Å². The highest BCUT2D eigenvalue weighted by Gasteiger charge is 2.24. The highest BCUT2D eigenvalue weighted by molar-refractivity contribution is 5.34. The molecule has 0 aliphatic rings. The minimum Gasteiger partial charge on any atom is -0.384 e.